The van der Waals surface area contributed by atoms with Crippen molar-refractivity contribution in [1.29, 1.82) is 0 Å². The van der Waals surface area contributed by atoms with E-state index in [4.69, 9.17) is 4.74 Å². The predicted molar refractivity (Wildman–Crippen MR) is 124 cm³/mol. The van der Waals surface area contributed by atoms with Crippen LogP contribution in [-0.2, 0) is 16.4 Å². The number of benzene rings is 2. The summed E-state index contributed by atoms with van der Waals surface area (Å²) in [5.74, 6) is 1.50. The molecule has 0 bridgehead atoms. The van der Waals surface area contributed by atoms with Crippen LogP contribution in [0.4, 0.5) is 0 Å². The number of halogens is 1. The number of nitrogens with zero attached hydrogens (tertiary/aromatic N) is 1. The molecule has 1 aliphatic rings. The van der Waals surface area contributed by atoms with Gasteiger partial charge in [0.15, 0.2) is 9.84 Å². The topological polar surface area (TPSA) is 66.8 Å². The van der Waals surface area contributed by atoms with Crippen molar-refractivity contribution in [3.8, 4) is 5.75 Å². The molecule has 164 valence electrons. The van der Waals surface area contributed by atoms with Gasteiger partial charge in [0, 0.05) is 19.1 Å². The molecule has 7 heteroatoms. The van der Waals surface area contributed by atoms with Crippen molar-refractivity contribution in [2.45, 2.75) is 44.9 Å². The quantitative estimate of drug-likeness (QED) is 0.569. The second kappa shape index (κ2) is 10.3. The van der Waals surface area contributed by atoms with E-state index in [9.17, 15) is 13.5 Å². The van der Waals surface area contributed by atoms with Gasteiger partial charge < -0.3 is 9.84 Å². The average Bonchev–Trinajstić information content (AvgIpc) is 3.07. The molecule has 30 heavy (non-hydrogen) atoms. The van der Waals surface area contributed by atoms with Crippen LogP contribution < -0.4 is 4.74 Å². The molecule has 2 unspecified atom stereocenters. The van der Waals surface area contributed by atoms with E-state index >= 15 is 0 Å². The molecule has 1 heterocycles. The lowest BCUT2D eigenvalue weighted by atomic mass is 10.0. The van der Waals surface area contributed by atoms with Gasteiger partial charge in [0.05, 0.1) is 16.0 Å². The highest BCUT2D eigenvalue weighted by atomic mass is 79.9. The van der Waals surface area contributed by atoms with E-state index in [1.54, 1.807) is 0 Å². The highest BCUT2D eigenvalue weighted by Crippen LogP contribution is 2.25. The van der Waals surface area contributed by atoms with E-state index in [0.717, 1.165) is 10.0 Å². The second-order valence-electron chi connectivity index (χ2n) is 8.28. The Morgan fingerprint density at radius 3 is 2.47 bits per heavy atom. The van der Waals surface area contributed by atoms with Gasteiger partial charge in [-0.15, -0.1) is 0 Å². The average molecular weight is 496 g/mol. The van der Waals surface area contributed by atoms with Crippen molar-refractivity contribution in [1.82, 2.24) is 4.90 Å². The summed E-state index contributed by atoms with van der Waals surface area (Å²) in [6.45, 7) is 5.42. The molecule has 1 fully saturated rings. The van der Waals surface area contributed by atoms with Gasteiger partial charge in [0.1, 0.15) is 18.5 Å². The van der Waals surface area contributed by atoms with Crippen LogP contribution in [0.15, 0.2) is 53.0 Å². The normalized spacial score (nSPS) is 19.3. The summed E-state index contributed by atoms with van der Waals surface area (Å²) in [5.41, 5.74) is 2.39. The number of aliphatic hydroxyl groups is 1. The summed E-state index contributed by atoms with van der Waals surface area (Å²) in [5, 5.41) is 10.6. The molecule has 0 spiro atoms. The Hall–Kier alpha value is -1.41. The molecule has 0 aliphatic carbocycles. The van der Waals surface area contributed by atoms with E-state index in [2.05, 4.69) is 58.9 Å². The maximum atomic E-state index is 12.0. The summed E-state index contributed by atoms with van der Waals surface area (Å²) in [6, 6.07) is 15.9. The summed E-state index contributed by atoms with van der Waals surface area (Å²) < 4.78 is 30.7. The van der Waals surface area contributed by atoms with Gasteiger partial charge in [-0.3, -0.25) is 4.90 Å². The Balaban J connectivity index is 1.67. The van der Waals surface area contributed by atoms with Crippen LogP contribution in [0.3, 0.4) is 0 Å². The van der Waals surface area contributed by atoms with Crippen molar-refractivity contribution in [3.63, 3.8) is 0 Å². The summed E-state index contributed by atoms with van der Waals surface area (Å²) in [6.07, 6.45) is -0.125. The first-order valence-corrected chi connectivity index (χ1v) is 12.9. The standard InChI is InChI=1S/C23H30BrNO4S/c1-17(2)19-9-7-18(8-10-19)13-25(20-11-12-30(27,28)16-20)14-21(26)15-29-23-6-4-3-5-22(23)24/h3-10,17,20-21,26H,11-16H2,1-2H3. The van der Waals surface area contributed by atoms with Crippen molar-refractivity contribution in [2.24, 2.45) is 0 Å². The Kier molecular flexibility index (Phi) is 7.96. The number of hydrogen-bond acceptors (Lipinski definition) is 5. The fraction of sp³-hybridized carbons (Fsp3) is 0.478. The third-order valence-electron chi connectivity index (χ3n) is 5.47. The Labute approximate surface area is 188 Å². The van der Waals surface area contributed by atoms with Crippen LogP contribution >= 0.6 is 15.9 Å². The third-order valence-corrected chi connectivity index (χ3v) is 7.88. The van der Waals surface area contributed by atoms with Gasteiger partial charge in [0.2, 0.25) is 0 Å². The molecule has 0 radical (unpaired) electrons. The van der Waals surface area contributed by atoms with Crippen LogP contribution in [0.25, 0.3) is 0 Å². The number of rotatable bonds is 9. The van der Waals surface area contributed by atoms with Crippen LogP contribution in [0.1, 0.15) is 37.3 Å². The van der Waals surface area contributed by atoms with Crippen LogP contribution in [-0.4, -0.2) is 55.2 Å². The SMILES string of the molecule is CC(C)c1ccc(CN(CC(O)COc2ccccc2Br)C2CCS(=O)(=O)C2)cc1. The lowest BCUT2D eigenvalue weighted by Crippen LogP contribution is -2.42. The molecule has 1 N–H and O–H groups in total. The van der Waals surface area contributed by atoms with E-state index < -0.39 is 15.9 Å². The zero-order valence-electron chi connectivity index (χ0n) is 17.5. The lowest BCUT2D eigenvalue weighted by Gasteiger charge is -2.30. The molecule has 2 aromatic rings. The van der Waals surface area contributed by atoms with Gasteiger partial charge in [0.25, 0.3) is 0 Å². The zero-order valence-corrected chi connectivity index (χ0v) is 19.9. The molecule has 1 aliphatic heterocycles. The fourth-order valence-corrected chi connectivity index (χ4v) is 5.88. The van der Waals surface area contributed by atoms with E-state index in [1.807, 2.05) is 24.3 Å². The molecular formula is C23H30BrNO4S. The van der Waals surface area contributed by atoms with Crippen LogP contribution in [0, 0.1) is 0 Å². The van der Waals surface area contributed by atoms with Crippen LogP contribution in [0.5, 0.6) is 5.75 Å². The minimum atomic E-state index is -3.01. The molecular weight excluding hydrogens is 466 g/mol. The number of para-hydroxylation sites is 1. The first-order valence-electron chi connectivity index (χ1n) is 10.3. The molecule has 3 rings (SSSR count). The summed E-state index contributed by atoms with van der Waals surface area (Å²) in [7, 11) is -3.01. The first-order chi connectivity index (χ1) is 14.2. The molecule has 5 nitrogen and oxygen atoms in total. The number of hydrogen-bond donors (Lipinski definition) is 1. The molecule has 1 saturated heterocycles. The van der Waals surface area contributed by atoms with Crippen molar-refractivity contribution in [3.05, 3.63) is 64.1 Å². The van der Waals surface area contributed by atoms with E-state index in [-0.39, 0.29) is 24.2 Å². The fourth-order valence-electron chi connectivity index (χ4n) is 3.72. The Bertz CT molecular complexity index is 930. The van der Waals surface area contributed by atoms with Gasteiger partial charge in [-0.25, -0.2) is 8.42 Å². The Morgan fingerprint density at radius 1 is 1.17 bits per heavy atom. The third kappa shape index (κ3) is 6.54. The predicted octanol–water partition coefficient (Wildman–Crippen LogP) is 4.00. The molecule has 0 saturated carbocycles. The second-order valence-corrected chi connectivity index (χ2v) is 11.4. The highest BCUT2D eigenvalue weighted by Gasteiger charge is 2.33. The minimum absolute atomic E-state index is 0.0853. The summed E-state index contributed by atoms with van der Waals surface area (Å²) in [4.78, 5) is 2.09. The number of aliphatic hydroxyl groups excluding tert-OH is 1. The maximum absolute atomic E-state index is 12.0. The minimum Gasteiger partial charge on any atom is -0.490 e. The largest absolute Gasteiger partial charge is 0.490 e. The van der Waals surface area contributed by atoms with E-state index in [0.29, 0.717) is 31.2 Å². The van der Waals surface area contributed by atoms with Crippen molar-refractivity contribution >= 4 is 25.8 Å². The molecule has 2 atom stereocenters. The zero-order chi connectivity index (χ0) is 21.7. The van der Waals surface area contributed by atoms with Gasteiger partial charge in [-0.2, -0.15) is 0 Å². The lowest BCUT2D eigenvalue weighted by molar-refractivity contribution is 0.0522. The van der Waals surface area contributed by atoms with Gasteiger partial charge in [-0.05, 0) is 51.5 Å². The summed E-state index contributed by atoms with van der Waals surface area (Å²) >= 11 is 3.44. The Morgan fingerprint density at radius 2 is 1.87 bits per heavy atom. The van der Waals surface area contributed by atoms with Crippen molar-refractivity contribution < 1.29 is 18.3 Å². The molecule has 2 aromatic carbocycles. The number of sulfone groups is 1. The number of ether oxygens (including phenoxy) is 1. The highest BCUT2D eigenvalue weighted by molar-refractivity contribution is 9.10. The van der Waals surface area contributed by atoms with Crippen LogP contribution in [0.2, 0.25) is 0 Å². The van der Waals surface area contributed by atoms with E-state index in [1.165, 1.54) is 5.56 Å². The maximum Gasteiger partial charge on any atom is 0.151 e. The van der Waals surface area contributed by atoms with Gasteiger partial charge >= 0.3 is 0 Å². The molecule has 0 amide bonds. The van der Waals surface area contributed by atoms with Crippen molar-refractivity contribution in [2.75, 3.05) is 24.7 Å². The first kappa shape index (κ1) is 23.3. The monoisotopic (exact) mass is 495 g/mol. The van der Waals surface area contributed by atoms with Gasteiger partial charge in [-0.1, -0.05) is 50.2 Å². The smallest absolute Gasteiger partial charge is 0.151 e. The molecule has 0 aromatic heterocycles.